The zero-order valence-electron chi connectivity index (χ0n) is 19.3. The lowest BCUT2D eigenvalue weighted by Gasteiger charge is -2.57. The van der Waals surface area contributed by atoms with Crippen LogP contribution in [0, 0.1) is 5.16 Å². The predicted octanol–water partition coefficient (Wildman–Crippen LogP) is 8.88. The summed E-state index contributed by atoms with van der Waals surface area (Å²) in [6.07, 6.45) is 0. The van der Waals surface area contributed by atoms with Gasteiger partial charge in [-0.3, -0.25) is 9.68 Å². The third-order valence-corrected chi connectivity index (χ3v) is 17.0. The molecule has 2 nitrogen and oxygen atoms in total. The minimum atomic E-state index is -2.32. The van der Waals surface area contributed by atoms with Crippen molar-refractivity contribution < 1.29 is 0 Å². The van der Waals surface area contributed by atoms with Crippen LogP contribution in [0.5, 0.6) is 0 Å². The van der Waals surface area contributed by atoms with E-state index in [0.717, 1.165) is 0 Å². The van der Waals surface area contributed by atoms with Crippen molar-refractivity contribution >= 4 is 14.3 Å². The van der Waals surface area contributed by atoms with E-state index in [9.17, 15) is 5.16 Å². The van der Waals surface area contributed by atoms with Crippen molar-refractivity contribution in [2.24, 2.45) is 4.52 Å². The molecule has 0 aliphatic carbocycles. The van der Waals surface area contributed by atoms with Gasteiger partial charge >= 0.3 is 0 Å². The van der Waals surface area contributed by atoms with Crippen LogP contribution < -0.4 is 0 Å². The van der Waals surface area contributed by atoms with Crippen LogP contribution >= 0.6 is 14.3 Å². The molecule has 0 spiro atoms. The number of rotatable bonds is 1. The van der Waals surface area contributed by atoms with E-state index in [1.807, 2.05) is 0 Å². The third kappa shape index (κ3) is 3.91. The van der Waals surface area contributed by atoms with Crippen molar-refractivity contribution in [2.45, 2.75) is 130 Å². The monoisotopic (exact) mass is 376 g/mol. The van der Waals surface area contributed by atoms with Crippen molar-refractivity contribution in [1.29, 1.82) is 5.16 Å². The molecule has 0 bridgehead atoms. The zero-order valence-corrected chi connectivity index (χ0v) is 21.1. The summed E-state index contributed by atoms with van der Waals surface area (Å²) in [5.74, 6) is 0. The summed E-state index contributed by atoms with van der Waals surface area (Å²) in [5.41, 5.74) is 0. The molecule has 0 aliphatic rings. The van der Waals surface area contributed by atoms with Gasteiger partial charge in [-0.2, -0.15) is 0 Å². The van der Waals surface area contributed by atoms with E-state index < -0.39 is 14.3 Å². The molecule has 0 amide bonds. The van der Waals surface area contributed by atoms with Gasteiger partial charge in [-0.15, -0.1) is 0 Å². The Morgan fingerprint density at radius 1 is 0.458 bits per heavy atom. The summed E-state index contributed by atoms with van der Waals surface area (Å²) in [6.45, 7) is 34.6. The van der Waals surface area contributed by atoms with Gasteiger partial charge in [-0.1, -0.05) is 104 Å². The second-order valence-corrected chi connectivity index (χ2v) is 22.2. The first-order valence-electron chi connectivity index (χ1n) is 9.24. The van der Waals surface area contributed by atoms with Crippen molar-refractivity contribution in [3.63, 3.8) is 0 Å². The molecule has 0 saturated heterocycles. The fraction of sp³-hybridized carbons (Fsp3) is 1.00. The van der Waals surface area contributed by atoms with Gasteiger partial charge in [-0.25, -0.2) is 0 Å². The largest absolute Gasteiger partial charge is 0.295 e. The maximum Gasteiger partial charge on any atom is 0.0792 e. The van der Waals surface area contributed by atoms with Crippen LogP contribution in [0.15, 0.2) is 4.52 Å². The fourth-order valence-corrected chi connectivity index (χ4v) is 19.9. The topological polar surface area (TPSA) is 36.2 Å². The van der Waals surface area contributed by atoms with E-state index >= 15 is 0 Å². The zero-order chi connectivity index (χ0) is 20.2. The molecule has 0 unspecified atom stereocenters. The van der Waals surface area contributed by atoms with E-state index in [0.29, 0.717) is 0 Å². The summed E-state index contributed by atoms with van der Waals surface area (Å²) < 4.78 is 5.78. The Balaban J connectivity index is 7.51. The normalized spacial score (nSPS) is 16.3. The number of hydrogen-bond donors (Lipinski definition) is 1. The molecule has 0 aliphatic heterocycles. The molecule has 0 aromatic heterocycles. The smallest absolute Gasteiger partial charge is 0.0792 e. The van der Waals surface area contributed by atoms with Gasteiger partial charge in [0.05, 0.1) is 7.21 Å². The van der Waals surface area contributed by atoms with Crippen molar-refractivity contribution in [3.8, 4) is 0 Å². The van der Waals surface area contributed by atoms with E-state index in [1.54, 1.807) is 0 Å². The first kappa shape index (κ1) is 24.5. The second kappa shape index (κ2) is 6.27. The van der Waals surface area contributed by atoms with E-state index in [-0.39, 0.29) is 25.8 Å². The molecule has 0 fully saturated rings. The quantitative estimate of drug-likeness (QED) is 0.444. The Hall–Kier alpha value is 0.460. The average molecular weight is 377 g/mol. The van der Waals surface area contributed by atoms with Gasteiger partial charge in [0.2, 0.25) is 0 Å². The lowest BCUT2D eigenvalue weighted by Crippen LogP contribution is -2.40. The number of nitrogens with one attached hydrogen (secondary N) is 1. The Bertz CT molecular complexity index is 490. The SMILES string of the molecule is CC(C)(C)P(=N)(N=P(C(C)(C)C)(C(C)(C)C)C(C)(C)C)C(C)(C)C. The van der Waals surface area contributed by atoms with Crippen LogP contribution in [0.2, 0.25) is 0 Å². The highest BCUT2D eigenvalue weighted by atomic mass is 31.2. The Morgan fingerprint density at radius 3 is 0.792 bits per heavy atom. The van der Waals surface area contributed by atoms with Gasteiger partial charge in [0.15, 0.2) is 0 Å². The molecule has 0 radical (unpaired) electrons. The highest BCUT2D eigenvalue weighted by Gasteiger charge is 2.54. The van der Waals surface area contributed by atoms with Gasteiger partial charge < -0.3 is 0 Å². The van der Waals surface area contributed by atoms with Crippen LogP contribution in [-0.4, -0.2) is 25.8 Å². The highest BCUT2D eigenvalue weighted by molar-refractivity contribution is 7.80. The van der Waals surface area contributed by atoms with Gasteiger partial charge in [0.1, 0.15) is 0 Å². The summed E-state index contributed by atoms with van der Waals surface area (Å²) in [6, 6.07) is 0. The van der Waals surface area contributed by atoms with Gasteiger partial charge in [0.25, 0.3) is 0 Å². The molecule has 0 saturated carbocycles. The van der Waals surface area contributed by atoms with Crippen LogP contribution in [0.25, 0.3) is 0 Å². The molecule has 24 heavy (non-hydrogen) atoms. The molecule has 0 heterocycles. The molecular weight excluding hydrogens is 330 g/mol. The molecule has 0 aromatic carbocycles. The summed E-state index contributed by atoms with van der Waals surface area (Å²) in [5, 5.41) is 9.69. The Labute approximate surface area is 153 Å². The van der Waals surface area contributed by atoms with Crippen molar-refractivity contribution in [3.05, 3.63) is 0 Å². The molecule has 0 atom stereocenters. The predicted molar refractivity (Wildman–Crippen MR) is 118 cm³/mol. The first-order chi connectivity index (χ1) is 9.96. The summed E-state index contributed by atoms with van der Waals surface area (Å²) >= 11 is 0. The molecule has 1 N–H and O–H groups in total. The van der Waals surface area contributed by atoms with Crippen molar-refractivity contribution in [2.75, 3.05) is 0 Å². The molecular formula is C20H46N2P2. The van der Waals surface area contributed by atoms with Gasteiger partial charge in [-0.05, 0) is 22.5 Å². The summed E-state index contributed by atoms with van der Waals surface area (Å²) in [7, 11) is -4.20. The second-order valence-electron chi connectivity index (χ2n) is 12.2. The molecule has 146 valence electrons. The van der Waals surface area contributed by atoms with Crippen LogP contribution in [0.4, 0.5) is 0 Å². The maximum atomic E-state index is 9.69. The minimum absolute atomic E-state index is 0.0757. The van der Waals surface area contributed by atoms with Crippen LogP contribution in [-0.2, 0) is 0 Å². The number of nitrogens with zero attached hydrogens (tertiary/aromatic N) is 1. The Morgan fingerprint density at radius 2 is 0.667 bits per heavy atom. The van der Waals surface area contributed by atoms with Crippen molar-refractivity contribution in [1.82, 2.24) is 0 Å². The third-order valence-electron chi connectivity index (χ3n) is 5.12. The lowest BCUT2D eigenvalue weighted by atomic mass is 10.2. The van der Waals surface area contributed by atoms with Crippen LogP contribution in [0.3, 0.4) is 0 Å². The molecule has 0 rings (SSSR count). The summed E-state index contributed by atoms with van der Waals surface area (Å²) in [4.78, 5) is 0. The minimum Gasteiger partial charge on any atom is -0.295 e. The van der Waals surface area contributed by atoms with E-state index in [2.05, 4.69) is 104 Å². The lowest BCUT2D eigenvalue weighted by molar-refractivity contribution is 0.627. The molecule has 0 aromatic rings. The fourth-order valence-electron chi connectivity index (χ4n) is 4.90. The maximum absolute atomic E-state index is 9.69. The Kier molecular flexibility index (Phi) is 6.39. The standard InChI is InChI=1S/C20H46N2P2/c1-16(2,3)23(17(4,5)6,18(7,8)9)22-24(21,19(10,11)12)20(13,14)15/h21H,1-15H3. The van der Waals surface area contributed by atoms with Crippen LogP contribution in [0.1, 0.15) is 104 Å². The number of hydrogen-bond acceptors (Lipinski definition) is 1. The van der Waals surface area contributed by atoms with E-state index in [1.165, 1.54) is 0 Å². The average Bonchev–Trinajstić information content (AvgIpc) is 2.15. The van der Waals surface area contributed by atoms with Gasteiger partial charge in [0, 0.05) is 10.3 Å². The highest BCUT2D eigenvalue weighted by Crippen LogP contribution is 2.84. The first-order valence-corrected chi connectivity index (χ1v) is 12.7. The molecule has 4 heteroatoms. The van der Waals surface area contributed by atoms with E-state index in [4.69, 9.17) is 4.52 Å².